The van der Waals surface area contributed by atoms with Crippen LogP contribution in [-0.2, 0) is 9.57 Å². The summed E-state index contributed by atoms with van der Waals surface area (Å²) in [6, 6.07) is 8.83. The van der Waals surface area contributed by atoms with Crippen LogP contribution in [0.5, 0.6) is 5.88 Å². The fourth-order valence-electron chi connectivity index (χ4n) is 3.12. The number of nitriles is 1. The van der Waals surface area contributed by atoms with Crippen LogP contribution in [0.2, 0.25) is 0 Å². The minimum absolute atomic E-state index is 0.0161. The lowest BCUT2D eigenvalue weighted by atomic mass is 10.1. The SMILES string of the molecule is C[C@H](ONC(=O)c1c(N)nc(-c2cccc(C#N)c2)nc1O[C@H]1CCOC1)c1cn[nH]c1. The Labute approximate surface area is 183 Å². The first-order valence-corrected chi connectivity index (χ1v) is 9.92. The molecule has 1 aromatic carbocycles. The smallest absolute Gasteiger partial charge is 0.284 e. The molecule has 0 radical (unpaired) electrons. The number of benzene rings is 1. The van der Waals surface area contributed by atoms with Crippen LogP contribution >= 0.6 is 0 Å². The van der Waals surface area contributed by atoms with Gasteiger partial charge in [0.05, 0.1) is 31.0 Å². The van der Waals surface area contributed by atoms with Gasteiger partial charge in [-0.2, -0.15) is 15.3 Å². The number of nitrogens with zero attached hydrogens (tertiary/aromatic N) is 4. The standard InChI is InChI=1S/C21H21N7O4/c1-12(15-9-24-25-10-15)32-28-20(29)17-18(23)26-19(14-4-2-3-13(7-14)8-22)27-21(17)31-16-5-6-30-11-16/h2-4,7,9-10,12,16H,5-6,11H2,1H3,(H,24,25)(H,28,29)(H2,23,26,27)/t12-,16-/m0/s1. The third-order valence-electron chi connectivity index (χ3n) is 4.86. The monoisotopic (exact) mass is 435 g/mol. The van der Waals surface area contributed by atoms with E-state index in [9.17, 15) is 10.1 Å². The Morgan fingerprint density at radius 3 is 3.03 bits per heavy atom. The maximum atomic E-state index is 12.9. The molecule has 1 amide bonds. The number of hydroxylamine groups is 1. The molecule has 2 aromatic heterocycles. The molecule has 3 aromatic rings. The van der Waals surface area contributed by atoms with Crippen LogP contribution in [0.15, 0.2) is 36.7 Å². The van der Waals surface area contributed by atoms with E-state index < -0.39 is 12.0 Å². The lowest BCUT2D eigenvalue weighted by Gasteiger charge is -2.17. The minimum atomic E-state index is -0.649. The topological polar surface area (TPSA) is 161 Å². The predicted molar refractivity (Wildman–Crippen MR) is 112 cm³/mol. The first-order chi connectivity index (χ1) is 15.5. The molecule has 0 saturated carbocycles. The number of ether oxygens (including phenoxy) is 2. The van der Waals surface area contributed by atoms with Crippen molar-refractivity contribution in [1.82, 2.24) is 25.6 Å². The zero-order chi connectivity index (χ0) is 22.5. The second-order valence-corrected chi connectivity index (χ2v) is 7.13. The number of nitrogen functional groups attached to an aromatic ring is 1. The van der Waals surface area contributed by atoms with E-state index in [1.54, 1.807) is 43.6 Å². The zero-order valence-corrected chi connectivity index (χ0v) is 17.2. The number of rotatable bonds is 7. The van der Waals surface area contributed by atoms with E-state index in [0.29, 0.717) is 30.8 Å². The van der Waals surface area contributed by atoms with E-state index in [1.807, 2.05) is 0 Å². The van der Waals surface area contributed by atoms with Gasteiger partial charge in [0.15, 0.2) is 5.82 Å². The molecule has 4 rings (SSSR count). The summed E-state index contributed by atoms with van der Waals surface area (Å²) >= 11 is 0. The number of carbonyl (C=O) groups is 1. The Hall–Kier alpha value is -4.01. The van der Waals surface area contributed by atoms with Gasteiger partial charge in [0.2, 0.25) is 5.88 Å². The fraction of sp³-hybridized carbons (Fsp3) is 0.286. The van der Waals surface area contributed by atoms with E-state index >= 15 is 0 Å². The summed E-state index contributed by atoms with van der Waals surface area (Å²) in [5.41, 5.74) is 10.2. The number of anilines is 1. The number of aromatic amines is 1. The van der Waals surface area contributed by atoms with Gasteiger partial charge < -0.3 is 15.2 Å². The molecule has 164 valence electrons. The number of hydrogen-bond acceptors (Lipinski definition) is 9. The molecule has 4 N–H and O–H groups in total. The number of nitrogens with one attached hydrogen (secondary N) is 2. The Bertz CT molecular complexity index is 1140. The summed E-state index contributed by atoms with van der Waals surface area (Å²) in [4.78, 5) is 27.0. The van der Waals surface area contributed by atoms with E-state index in [0.717, 1.165) is 5.56 Å². The minimum Gasteiger partial charge on any atom is -0.471 e. The van der Waals surface area contributed by atoms with E-state index in [4.69, 9.17) is 20.0 Å². The van der Waals surface area contributed by atoms with Crippen molar-refractivity contribution < 1.29 is 19.1 Å². The van der Waals surface area contributed by atoms with Gasteiger partial charge in [0, 0.05) is 23.7 Å². The molecule has 1 saturated heterocycles. The van der Waals surface area contributed by atoms with Gasteiger partial charge in [0.25, 0.3) is 5.91 Å². The summed E-state index contributed by atoms with van der Waals surface area (Å²) in [5.74, 6) is -0.479. The van der Waals surface area contributed by atoms with Gasteiger partial charge in [-0.25, -0.2) is 10.5 Å². The van der Waals surface area contributed by atoms with Crippen LogP contribution in [0, 0.1) is 11.3 Å². The van der Waals surface area contributed by atoms with Crippen LogP contribution in [0.3, 0.4) is 0 Å². The molecule has 3 heterocycles. The maximum absolute atomic E-state index is 12.9. The van der Waals surface area contributed by atoms with Crippen LogP contribution in [-0.4, -0.2) is 45.4 Å². The molecule has 0 bridgehead atoms. The summed E-state index contributed by atoms with van der Waals surface area (Å²) in [5, 5.41) is 15.7. The quantitative estimate of drug-likeness (QED) is 0.471. The number of H-pyrrole nitrogens is 1. The van der Waals surface area contributed by atoms with Crippen molar-refractivity contribution in [3.8, 4) is 23.3 Å². The second-order valence-electron chi connectivity index (χ2n) is 7.13. The Morgan fingerprint density at radius 2 is 2.31 bits per heavy atom. The fourth-order valence-corrected chi connectivity index (χ4v) is 3.12. The van der Waals surface area contributed by atoms with Crippen molar-refractivity contribution >= 4 is 11.7 Å². The van der Waals surface area contributed by atoms with Crippen LogP contribution in [0.4, 0.5) is 5.82 Å². The average molecular weight is 435 g/mol. The molecule has 1 aliphatic rings. The van der Waals surface area contributed by atoms with Gasteiger partial charge >= 0.3 is 0 Å². The Morgan fingerprint density at radius 1 is 1.44 bits per heavy atom. The molecule has 1 fully saturated rings. The Kier molecular flexibility index (Phi) is 6.25. The summed E-state index contributed by atoms with van der Waals surface area (Å²) in [6.07, 6.45) is 3.17. The summed E-state index contributed by atoms with van der Waals surface area (Å²) in [6.45, 7) is 2.68. The molecule has 11 nitrogen and oxygen atoms in total. The van der Waals surface area contributed by atoms with Gasteiger partial charge in [-0.05, 0) is 19.1 Å². The third-order valence-corrected chi connectivity index (χ3v) is 4.86. The number of carbonyl (C=O) groups excluding carboxylic acids is 1. The van der Waals surface area contributed by atoms with Crippen LogP contribution in [0.1, 0.15) is 40.9 Å². The van der Waals surface area contributed by atoms with Gasteiger partial charge in [0.1, 0.15) is 23.6 Å². The zero-order valence-electron chi connectivity index (χ0n) is 17.2. The largest absolute Gasteiger partial charge is 0.471 e. The number of amides is 1. The van der Waals surface area contributed by atoms with Gasteiger partial charge in [-0.3, -0.25) is 14.7 Å². The predicted octanol–water partition coefficient (Wildman–Crippen LogP) is 1.91. The van der Waals surface area contributed by atoms with Crippen LogP contribution in [0.25, 0.3) is 11.4 Å². The van der Waals surface area contributed by atoms with E-state index in [2.05, 4.69) is 31.7 Å². The first-order valence-electron chi connectivity index (χ1n) is 9.92. The van der Waals surface area contributed by atoms with Crippen molar-refractivity contribution in [1.29, 1.82) is 5.26 Å². The van der Waals surface area contributed by atoms with Crippen LogP contribution < -0.4 is 16.0 Å². The highest BCUT2D eigenvalue weighted by atomic mass is 16.7. The van der Waals surface area contributed by atoms with E-state index in [-0.39, 0.29) is 29.2 Å². The second kappa shape index (κ2) is 9.42. The molecule has 11 heteroatoms. The highest BCUT2D eigenvalue weighted by Crippen LogP contribution is 2.28. The number of aromatic nitrogens is 4. The lowest BCUT2D eigenvalue weighted by molar-refractivity contribution is -0.00917. The van der Waals surface area contributed by atoms with Crippen molar-refractivity contribution in [3.63, 3.8) is 0 Å². The molecular weight excluding hydrogens is 414 g/mol. The first kappa shape index (κ1) is 21.2. The molecule has 32 heavy (non-hydrogen) atoms. The van der Waals surface area contributed by atoms with Gasteiger partial charge in [-0.15, -0.1) is 0 Å². The number of hydrogen-bond donors (Lipinski definition) is 3. The van der Waals surface area contributed by atoms with Crippen molar-refractivity contribution in [2.45, 2.75) is 25.6 Å². The summed E-state index contributed by atoms with van der Waals surface area (Å²) < 4.78 is 11.3. The normalized spacial score (nSPS) is 16.3. The highest BCUT2D eigenvalue weighted by Gasteiger charge is 2.26. The highest BCUT2D eigenvalue weighted by molar-refractivity contribution is 6.00. The maximum Gasteiger partial charge on any atom is 0.284 e. The lowest BCUT2D eigenvalue weighted by Crippen LogP contribution is -2.28. The average Bonchev–Trinajstić information content (AvgIpc) is 3.51. The van der Waals surface area contributed by atoms with Crippen molar-refractivity contribution in [2.75, 3.05) is 18.9 Å². The third kappa shape index (κ3) is 4.66. The Balaban J connectivity index is 1.63. The molecule has 1 aliphatic heterocycles. The molecule has 0 spiro atoms. The van der Waals surface area contributed by atoms with E-state index in [1.165, 1.54) is 0 Å². The molecule has 0 aliphatic carbocycles. The van der Waals surface area contributed by atoms with Gasteiger partial charge in [-0.1, -0.05) is 12.1 Å². The van der Waals surface area contributed by atoms with Crippen molar-refractivity contribution in [3.05, 3.63) is 53.3 Å². The number of nitrogens with two attached hydrogens (primary N) is 1. The summed E-state index contributed by atoms with van der Waals surface area (Å²) in [7, 11) is 0. The molecule has 2 atom stereocenters. The van der Waals surface area contributed by atoms with Crippen molar-refractivity contribution in [2.24, 2.45) is 0 Å². The molecule has 0 unspecified atom stereocenters. The molecular formula is C21H21N7O4.